The van der Waals surface area contributed by atoms with E-state index in [-0.39, 0.29) is 0 Å². The van der Waals surface area contributed by atoms with Crippen molar-refractivity contribution in [1.82, 2.24) is 5.32 Å². The van der Waals surface area contributed by atoms with Gasteiger partial charge in [0.15, 0.2) is 0 Å². The molecule has 0 fully saturated rings. The lowest BCUT2D eigenvalue weighted by Crippen LogP contribution is -2.46. The fourth-order valence-corrected chi connectivity index (χ4v) is 2.30. The van der Waals surface area contributed by atoms with Gasteiger partial charge in [0, 0.05) is 25.3 Å². The summed E-state index contributed by atoms with van der Waals surface area (Å²) in [4.78, 5) is 2.22. The molecule has 3 nitrogen and oxygen atoms in total. The van der Waals surface area contributed by atoms with Crippen LogP contribution in [0.5, 0.6) is 0 Å². The normalized spacial score (nSPS) is 13.9. The van der Waals surface area contributed by atoms with Gasteiger partial charge in [0.25, 0.3) is 0 Å². The molecular formula is C16H25N3. The average molecular weight is 259 g/mol. The van der Waals surface area contributed by atoms with Crippen molar-refractivity contribution in [3.05, 3.63) is 29.8 Å². The van der Waals surface area contributed by atoms with E-state index in [1.54, 1.807) is 0 Å². The van der Waals surface area contributed by atoms with Crippen molar-refractivity contribution < 1.29 is 0 Å². The summed E-state index contributed by atoms with van der Waals surface area (Å²) in [6, 6.07) is 11.0. The Morgan fingerprint density at radius 2 is 2.00 bits per heavy atom. The molecular weight excluding hydrogens is 234 g/mol. The van der Waals surface area contributed by atoms with E-state index >= 15 is 0 Å². The van der Waals surface area contributed by atoms with E-state index in [0.29, 0.717) is 6.04 Å². The first-order valence-electron chi connectivity index (χ1n) is 6.83. The van der Waals surface area contributed by atoms with Crippen LogP contribution in [0.3, 0.4) is 0 Å². The topological polar surface area (TPSA) is 39.1 Å². The van der Waals surface area contributed by atoms with Gasteiger partial charge in [-0.25, -0.2) is 0 Å². The second-order valence-electron chi connectivity index (χ2n) is 5.70. The second-order valence-corrected chi connectivity index (χ2v) is 5.70. The minimum atomic E-state index is -0.467. The summed E-state index contributed by atoms with van der Waals surface area (Å²) in [5.74, 6) is 0. The molecule has 0 amide bonds. The van der Waals surface area contributed by atoms with Gasteiger partial charge in [-0.15, -0.1) is 0 Å². The third-order valence-corrected chi connectivity index (χ3v) is 3.33. The number of para-hydroxylation sites is 1. The number of aryl methyl sites for hydroxylation is 1. The molecule has 1 aromatic carbocycles. The molecule has 3 heteroatoms. The van der Waals surface area contributed by atoms with E-state index in [1.165, 1.54) is 11.3 Å². The highest BCUT2D eigenvalue weighted by molar-refractivity contribution is 5.52. The van der Waals surface area contributed by atoms with Crippen molar-refractivity contribution in [2.75, 3.05) is 18.5 Å². The first-order chi connectivity index (χ1) is 8.88. The number of benzene rings is 1. The van der Waals surface area contributed by atoms with Gasteiger partial charge in [0.05, 0.1) is 6.07 Å². The van der Waals surface area contributed by atoms with Crippen molar-refractivity contribution in [3.63, 3.8) is 0 Å². The predicted octanol–water partition coefficient (Wildman–Crippen LogP) is 3.10. The minimum Gasteiger partial charge on any atom is -0.374 e. The zero-order chi connectivity index (χ0) is 14.5. The van der Waals surface area contributed by atoms with Gasteiger partial charge in [-0.05, 0) is 45.7 Å². The van der Waals surface area contributed by atoms with Crippen LogP contribution < -0.4 is 10.2 Å². The Bertz CT molecular complexity index is 448. The number of anilines is 1. The molecule has 0 saturated heterocycles. The van der Waals surface area contributed by atoms with Crippen molar-refractivity contribution in [2.45, 2.75) is 45.7 Å². The third-order valence-electron chi connectivity index (χ3n) is 3.33. The number of rotatable bonds is 6. The van der Waals surface area contributed by atoms with Crippen LogP contribution in [0.4, 0.5) is 5.69 Å². The molecule has 104 valence electrons. The summed E-state index contributed by atoms with van der Waals surface area (Å²) in [7, 11) is 2.08. The number of hydrogen-bond donors (Lipinski definition) is 1. The Morgan fingerprint density at radius 1 is 1.37 bits per heavy atom. The Labute approximate surface area is 117 Å². The molecule has 1 rings (SSSR count). The molecule has 19 heavy (non-hydrogen) atoms. The first-order valence-corrected chi connectivity index (χ1v) is 6.83. The predicted molar refractivity (Wildman–Crippen MR) is 81.4 cm³/mol. The fourth-order valence-electron chi connectivity index (χ4n) is 2.30. The van der Waals surface area contributed by atoms with Crippen LogP contribution in [0, 0.1) is 18.3 Å². The summed E-state index contributed by atoms with van der Waals surface area (Å²) in [5.41, 5.74) is 2.03. The van der Waals surface area contributed by atoms with Crippen LogP contribution >= 0.6 is 0 Å². The van der Waals surface area contributed by atoms with E-state index in [0.717, 1.165) is 13.0 Å². The number of nitriles is 1. The van der Waals surface area contributed by atoms with Gasteiger partial charge in [-0.2, -0.15) is 5.26 Å². The smallest absolute Gasteiger partial charge is 0.105 e. The molecule has 0 aliphatic rings. The molecule has 0 saturated carbocycles. The Hall–Kier alpha value is -1.53. The summed E-state index contributed by atoms with van der Waals surface area (Å²) in [6.45, 7) is 9.08. The van der Waals surface area contributed by atoms with E-state index in [9.17, 15) is 5.26 Å². The largest absolute Gasteiger partial charge is 0.374 e. The van der Waals surface area contributed by atoms with Crippen LogP contribution in [-0.2, 0) is 0 Å². The molecule has 0 aromatic heterocycles. The van der Waals surface area contributed by atoms with Gasteiger partial charge >= 0.3 is 0 Å². The number of nitrogens with one attached hydrogen (secondary N) is 1. The molecule has 1 atom stereocenters. The average Bonchev–Trinajstić information content (AvgIpc) is 2.36. The van der Waals surface area contributed by atoms with Crippen LogP contribution in [0.15, 0.2) is 24.3 Å². The molecule has 0 aliphatic heterocycles. The summed E-state index contributed by atoms with van der Waals surface area (Å²) in [6.07, 6.45) is 0.798. The van der Waals surface area contributed by atoms with Gasteiger partial charge in [0.2, 0.25) is 0 Å². The highest BCUT2D eigenvalue weighted by atomic mass is 15.1. The Kier molecular flexibility index (Phi) is 5.38. The van der Waals surface area contributed by atoms with Gasteiger partial charge in [-0.1, -0.05) is 18.2 Å². The summed E-state index contributed by atoms with van der Waals surface area (Å²) < 4.78 is 0. The van der Waals surface area contributed by atoms with E-state index < -0.39 is 5.54 Å². The van der Waals surface area contributed by atoms with E-state index in [4.69, 9.17) is 0 Å². The molecule has 0 heterocycles. The van der Waals surface area contributed by atoms with Gasteiger partial charge in [0.1, 0.15) is 5.54 Å². The molecule has 0 radical (unpaired) electrons. The molecule has 1 N–H and O–H groups in total. The highest BCUT2D eigenvalue weighted by Crippen LogP contribution is 2.19. The quantitative estimate of drug-likeness (QED) is 0.853. The summed E-state index contributed by atoms with van der Waals surface area (Å²) >= 11 is 0. The van der Waals surface area contributed by atoms with Gasteiger partial charge < -0.3 is 4.90 Å². The van der Waals surface area contributed by atoms with Crippen molar-refractivity contribution in [1.29, 1.82) is 5.26 Å². The van der Waals surface area contributed by atoms with Crippen molar-refractivity contribution in [3.8, 4) is 6.07 Å². The Balaban J connectivity index is 2.66. The first kappa shape index (κ1) is 15.5. The highest BCUT2D eigenvalue weighted by Gasteiger charge is 2.24. The van der Waals surface area contributed by atoms with Crippen molar-refractivity contribution >= 4 is 5.69 Å². The number of hydrogen-bond acceptors (Lipinski definition) is 3. The zero-order valence-corrected chi connectivity index (χ0v) is 12.7. The minimum absolute atomic E-state index is 0.313. The SMILES string of the molecule is Cc1ccccc1N(C)CCC(C)(C#N)NC(C)C. The van der Waals surface area contributed by atoms with E-state index in [1.807, 2.05) is 13.0 Å². The fraction of sp³-hybridized carbons (Fsp3) is 0.562. The Morgan fingerprint density at radius 3 is 2.53 bits per heavy atom. The maximum atomic E-state index is 9.34. The molecule has 1 aromatic rings. The monoisotopic (exact) mass is 259 g/mol. The zero-order valence-electron chi connectivity index (χ0n) is 12.7. The maximum absolute atomic E-state index is 9.34. The second kappa shape index (κ2) is 6.58. The number of nitrogens with zero attached hydrogens (tertiary/aromatic N) is 2. The van der Waals surface area contributed by atoms with Crippen LogP contribution in [0.25, 0.3) is 0 Å². The summed E-state index contributed by atoms with van der Waals surface area (Å²) in [5, 5.41) is 12.7. The van der Waals surface area contributed by atoms with Crippen LogP contribution in [0.1, 0.15) is 32.8 Å². The van der Waals surface area contributed by atoms with Crippen molar-refractivity contribution in [2.24, 2.45) is 0 Å². The molecule has 0 aliphatic carbocycles. The molecule has 0 spiro atoms. The van der Waals surface area contributed by atoms with Crippen LogP contribution in [0.2, 0.25) is 0 Å². The molecule has 1 unspecified atom stereocenters. The third kappa shape index (κ3) is 4.57. The van der Waals surface area contributed by atoms with Crippen LogP contribution in [-0.4, -0.2) is 25.2 Å². The standard InChI is InChI=1S/C16H25N3/c1-13(2)18-16(4,12-17)10-11-19(5)15-9-7-6-8-14(15)3/h6-9,13,18H,10-11H2,1-5H3. The molecule has 0 bridgehead atoms. The van der Waals surface area contributed by atoms with Gasteiger partial charge in [-0.3, -0.25) is 5.32 Å². The lowest BCUT2D eigenvalue weighted by atomic mass is 9.98. The van der Waals surface area contributed by atoms with E-state index in [2.05, 4.69) is 62.3 Å². The lowest BCUT2D eigenvalue weighted by Gasteiger charge is -2.29. The lowest BCUT2D eigenvalue weighted by molar-refractivity contribution is 0.384. The maximum Gasteiger partial charge on any atom is 0.105 e.